The summed E-state index contributed by atoms with van der Waals surface area (Å²) in [6.45, 7) is 6.34. The first-order chi connectivity index (χ1) is 18.6. The summed E-state index contributed by atoms with van der Waals surface area (Å²) >= 11 is 5.47. The van der Waals surface area contributed by atoms with Crippen molar-refractivity contribution in [2.45, 2.75) is 20.8 Å². The summed E-state index contributed by atoms with van der Waals surface area (Å²) in [5.74, 6) is 0. The maximum Gasteiger partial charge on any atom is 0.240 e. The van der Waals surface area contributed by atoms with Crippen molar-refractivity contribution in [3.63, 3.8) is 0 Å². The van der Waals surface area contributed by atoms with E-state index in [0.29, 0.717) is 0 Å². The average molecular weight is 535 g/mol. The molecule has 0 unspecified atom stereocenters. The van der Waals surface area contributed by atoms with Gasteiger partial charge in [0.2, 0.25) is 21.4 Å². The van der Waals surface area contributed by atoms with Gasteiger partial charge in [-0.3, -0.25) is 0 Å². The molecule has 0 saturated heterocycles. The predicted octanol–water partition coefficient (Wildman–Crippen LogP) is 6.89. The number of hydrogen-bond acceptors (Lipinski definition) is 0. The maximum absolute atomic E-state index is 5.47. The first-order valence-electron chi connectivity index (χ1n) is 12.9. The molecule has 0 amide bonds. The van der Waals surface area contributed by atoms with E-state index in [1.807, 2.05) is 5.54 Å². The fourth-order valence-electron chi connectivity index (χ4n) is 5.54. The van der Waals surface area contributed by atoms with Gasteiger partial charge in [-0.15, -0.1) is 0 Å². The number of halogens is 2. The summed E-state index contributed by atoms with van der Waals surface area (Å²) in [6, 6.07) is 47.9. The van der Waals surface area contributed by atoms with E-state index in [4.69, 9.17) is 11.6 Å². The molecule has 38 heavy (non-hydrogen) atoms. The van der Waals surface area contributed by atoms with Crippen LogP contribution in [0.5, 0.6) is 0 Å². The highest BCUT2D eigenvalue weighted by Gasteiger charge is 2.31. The Bertz CT molecular complexity index is 1260. The van der Waals surface area contributed by atoms with Crippen molar-refractivity contribution in [3.8, 4) is 0 Å². The van der Waals surface area contributed by atoms with E-state index >= 15 is 0 Å². The summed E-state index contributed by atoms with van der Waals surface area (Å²) in [5, 5.41) is 1.25. The lowest BCUT2D eigenvalue weighted by Gasteiger charge is -2.44. The molecule has 0 radical (unpaired) electrons. The molecule has 0 aliphatic rings. The van der Waals surface area contributed by atoms with Gasteiger partial charge in [-0.05, 0) is 20.8 Å². The lowest BCUT2D eigenvalue weighted by molar-refractivity contribution is -0.525. The van der Waals surface area contributed by atoms with Gasteiger partial charge >= 0.3 is 0 Å². The zero-order valence-corrected chi connectivity index (χ0v) is 23.7. The Labute approximate surface area is 236 Å². The Morgan fingerprint density at radius 2 is 0.842 bits per heavy atom. The molecule has 190 valence electrons. The van der Waals surface area contributed by atoms with Crippen LogP contribution in [0.25, 0.3) is 0 Å². The molecule has 5 aromatic rings. The van der Waals surface area contributed by atoms with E-state index in [1.54, 1.807) is 0 Å². The molecule has 0 bridgehead atoms. The topological polar surface area (TPSA) is 0 Å². The fourth-order valence-corrected chi connectivity index (χ4v) is 6.31. The van der Waals surface area contributed by atoms with Crippen LogP contribution in [-0.4, -0.2) is 6.15 Å². The number of benzene rings is 5. The normalized spacial score (nSPS) is 11.2. The number of aryl methyl sites for hydroxylation is 3. The lowest BCUT2D eigenvalue weighted by atomic mass is 9.13. The summed E-state index contributed by atoms with van der Waals surface area (Å²) in [7, 11) is 2.16. The molecule has 0 N–H and O–H groups in total. The van der Waals surface area contributed by atoms with Crippen molar-refractivity contribution in [1.29, 1.82) is 0 Å². The highest BCUT2D eigenvalue weighted by atomic mass is 35.5. The SMILES string of the molecule is Cc1cc(C)c([Cl+]/C=C/Cl)c(C)c1.c1ccc([B-](c2ccccc2)(c2ccccc2)c2ccccc2)cc1. The van der Waals surface area contributed by atoms with Gasteiger partial charge in [0.1, 0.15) is 6.15 Å². The van der Waals surface area contributed by atoms with Crippen LogP contribution in [0.3, 0.4) is 0 Å². The van der Waals surface area contributed by atoms with Crippen LogP contribution >= 0.6 is 11.6 Å². The number of hydrogen-bond donors (Lipinski definition) is 0. The zero-order valence-electron chi connectivity index (χ0n) is 22.2. The molecular weight excluding hydrogens is 502 g/mol. The minimum Gasteiger partial charge on any atom is -0.195 e. The second-order valence-corrected chi connectivity index (χ2v) is 10.7. The first-order valence-corrected chi connectivity index (χ1v) is 14.2. The maximum atomic E-state index is 5.47. The summed E-state index contributed by atoms with van der Waals surface area (Å²) < 4.78 is 0. The highest BCUT2D eigenvalue weighted by Crippen LogP contribution is 2.20. The zero-order chi connectivity index (χ0) is 26.8. The van der Waals surface area contributed by atoms with Crippen molar-refractivity contribution in [2.75, 3.05) is 0 Å². The Morgan fingerprint density at radius 3 is 1.13 bits per heavy atom. The molecule has 0 aliphatic heterocycles. The molecule has 0 saturated carbocycles. The summed E-state index contributed by atoms with van der Waals surface area (Å²) in [4.78, 5) is 0. The largest absolute Gasteiger partial charge is 0.240 e. The highest BCUT2D eigenvalue weighted by molar-refractivity contribution is 7.19. The van der Waals surface area contributed by atoms with Gasteiger partial charge in [-0.1, -0.05) is 151 Å². The quantitative estimate of drug-likeness (QED) is 0.208. The van der Waals surface area contributed by atoms with Gasteiger partial charge in [-0.2, -0.15) is 21.9 Å². The molecule has 0 aliphatic carbocycles. The van der Waals surface area contributed by atoms with Gasteiger partial charge in [0.25, 0.3) is 0 Å². The van der Waals surface area contributed by atoms with Crippen LogP contribution in [0, 0.1) is 31.6 Å². The molecule has 0 spiro atoms. The van der Waals surface area contributed by atoms with Crippen molar-refractivity contribution in [3.05, 3.63) is 166 Å². The van der Waals surface area contributed by atoms with E-state index in [2.05, 4.69) is 165 Å². The minimum atomic E-state index is -1.22. The van der Waals surface area contributed by atoms with Crippen molar-refractivity contribution in [1.82, 2.24) is 0 Å². The Morgan fingerprint density at radius 1 is 0.526 bits per heavy atom. The molecule has 0 aromatic heterocycles. The van der Waals surface area contributed by atoms with Gasteiger partial charge in [0.15, 0.2) is 0 Å². The van der Waals surface area contributed by atoms with Gasteiger partial charge in [0, 0.05) is 11.1 Å². The van der Waals surface area contributed by atoms with Crippen LogP contribution < -0.4 is 21.9 Å². The van der Waals surface area contributed by atoms with E-state index in [0.717, 1.165) is 0 Å². The van der Waals surface area contributed by atoms with Gasteiger partial charge in [0.05, 0.1) is 5.54 Å². The van der Waals surface area contributed by atoms with Crippen molar-refractivity contribution >= 4 is 39.6 Å². The Kier molecular flexibility index (Phi) is 9.65. The lowest BCUT2D eigenvalue weighted by Crippen LogP contribution is -2.74. The molecule has 5 rings (SSSR count). The van der Waals surface area contributed by atoms with Crippen LogP contribution in [0.2, 0.25) is 5.02 Å². The smallest absolute Gasteiger partial charge is 0.195 e. The minimum absolute atomic E-state index is 1.22. The second-order valence-electron chi connectivity index (χ2n) is 9.58. The summed E-state index contributed by atoms with van der Waals surface area (Å²) in [6.07, 6.45) is -1.22. The third kappa shape index (κ3) is 6.13. The van der Waals surface area contributed by atoms with Crippen molar-refractivity contribution in [2.24, 2.45) is 0 Å². The molecule has 3 heteroatoms. The molecule has 0 nitrogen and oxygen atoms in total. The summed E-state index contributed by atoms with van der Waals surface area (Å²) in [5.41, 5.74) is 12.6. The van der Waals surface area contributed by atoms with E-state index in [-0.39, 0.29) is 0 Å². The van der Waals surface area contributed by atoms with Crippen LogP contribution in [0.4, 0.5) is 0 Å². The van der Waals surface area contributed by atoms with E-state index < -0.39 is 6.15 Å². The Hall–Kier alpha value is -3.52. The predicted molar refractivity (Wildman–Crippen MR) is 165 cm³/mol. The number of rotatable bonds is 6. The van der Waals surface area contributed by atoms with Crippen LogP contribution in [0.15, 0.2) is 145 Å². The molecule has 0 atom stereocenters. The third-order valence-corrected chi connectivity index (χ3v) is 8.32. The molecule has 0 heterocycles. The first kappa shape index (κ1) is 27.5. The third-order valence-electron chi connectivity index (χ3n) is 7.00. The standard InChI is InChI=1S/C24H20B.C11H13Cl2/c1-5-13-21(14-6-1)25(22-15-7-2-8-16-22,23-17-9-3-10-18-23)24-19-11-4-12-20-24;1-8-6-9(2)11(10(3)7-8)13-5-4-12/h1-20H;4-7H,1-3H3/q-1;+1/b;5-4+. The molecular formula is C35H33BCl2. The monoisotopic (exact) mass is 534 g/mol. The Balaban J connectivity index is 0.000000219. The average Bonchev–Trinajstić information content (AvgIpc) is 2.96. The van der Waals surface area contributed by atoms with Crippen molar-refractivity contribution < 1.29 is 10.8 Å². The van der Waals surface area contributed by atoms with Crippen LogP contribution in [-0.2, 0) is 0 Å². The molecule has 5 aromatic carbocycles. The van der Waals surface area contributed by atoms with Crippen LogP contribution in [0.1, 0.15) is 16.7 Å². The van der Waals surface area contributed by atoms with Gasteiger partial charge in [-0.25, -0.2) is 0 Å². The fraction of sp³-hybridized carbons (Fsp3) is 0.0857. The molecule has 0 fully saturated rings. The second kappa shape index (κ2) is 13.3. The van der Waals surface area contributed by atoms with E-state index in [1.165, 1.54) is 49.1 Å². The van der Waals surface area contributed by atoms with Gasteiger partial charge < -0.3 is 0 Å². The van der Waals surface area contributed by atoms with E-state index in [9.17, 15) is 0 Å².